The molecule has 0 saturated carbocycles. The number of rotatable bonds is 54. The van der Waals surface area contributed by atoms with Crippen molar-refractivity contribution in [1.29, 1.82) is 0 Å². The van der Waals surface area contributed by atoms with Crippen LogP contribution >= 0.6 is 0 Å². The Morgan fingerprint density at radius 2 is 0.508 bits per heavy atom. The van der Waals surface area contributed by atoms with Gasteiger partial charge >= 0.3 is 17.9 Å². The van der Waals surface area contributed by atoms with E-state index in [2.05, 4.69) is 27.7 Å². The first-order valence-corrected chi connectivity index (χ1v) is 29.4. The van der Waals surface area contributed by atoms with Gasteiger partial charge in [-0.05, 0) is 25.2 Å². The van der Waals surface area contributed by atoms with E-state index in [-0.39, 0.29) is 31.1 Å². The predicted octanol–water partition coefficient (Wildman–Crippen LogP) is 19.4. The van der Waals surface area contributed by atoms with E-state index in [1.807, 2.05) is 0 Å². The van der Waals surface area contributed by atoms with Gasteiger partial charge in [0, 0.05) is 19.3 Å². The Morgan fingerprint density at radius 1 is 0.292 bits per heavy atom. The van der Waals surface area contributed by atoms with Crippen LogP contribution in [0.25, 0.3) is 0 Å². The summed E-state index contributed by atoms with van der Waals surface area (Å²) in [6.45, 7) is 9.06. The van der Waals surface area contributed by atoms with Crippen molar-refractivity contribution in [3.05, 3.63) is 0 Å². The van der Waals surface area contributed by atoms with Gasteiger partial charge in [0.25, 0.3) is 0 Å². The molecule has 0 rings (SSSR count). The van der Waals surface area contributed by atoms with Gasteiger partial charge in [-0.3, -0.25) is 14.4 Å². The Bertz CT molecular complexity index is 980. The van der Waals surface area contributed by atoms with E-state index in [0.717, 1.165) is 63.7 Å². The standard InChI is InChI=1S/C59H114O6/c1-5-7-9-11-13-15-17-18-19-20-21-22-25-28-31-35-38-42-46-50-57(60)63-53-56(65-59(62)52-48-44-40-34-16-14-12-10-8-6-2)54-64-58(61)51-47-43-39-36-32-29-26-23-24-27-30-33-37-41-45-49-55(3)4/h55-56H,5-54H2,1-4H3/t56-/m1/s1. The topological polar surface area (TPSA) is 78.9 Å². The average Bonchev–Trinajstić information content (AvgIpc) is 3.29. The number of carbonyl (C=O) groups is 3. The maximum atomic E-state index is 12.8. The largest absolute Gasteiger partial charge is 0.462 e. The molecule has 0 aromatic heterocycles. The van der Waals surface area contributed by atoms with Crippen molar-refractivity contribution in [3.8, 4) is 0 Å². The Morgan fingerprint density at radius 3 is 0.754 bits per heavy atom. The van der Waals surface area contributed by atoms with Gasteiger partial charge in [-0.1, -0.05) is 297 Å². The van der Waals surface area contributed by atoms with Crippen LogP contribution in [-0.4, -0.2) is 37.2 Å². The molecular weight excluding hydrogens is 805 g/mol. The zero-order valence-electron chi connectivity index (χ0n) is 44.5. The molecule has 6 nitrogen and oxygen atoms in total. The fourth-order valence-electron chi connectivity index (χ4n) is 9.10. The summed E-state index contributed by atoms with van der Waals surface area (Å²) in [5, 5.41) is 0. The lowest BCUT2D eigenvalue weighted by Crippen LogP contribution is -2.30. The SMILES string of the molecule is CCCCCCCCCCCCCCCCCCCCCC(=O)OC[C@H](COC(=O)CCCCCCCCCCCCCCCCCC(C)C)OC(=O)CCCCCCCCCCCC. The molecule has 0 fully saturated rings. The van der Waals surface area contributed by atoms with E-state index in [1.165, 1.54) is 231 Å². The van der Waals surface area contributed by atoms with Crippen LogP contribution in [0.5, 0.6) is 0 Å². The van der Waals surface area contributed by atoms with E-state index < -0.39 is 6.10 Å². The maximum Gasteiger partial charge on any atom is 0.306 e. The molecule has 0 aromatic carbocycles. The van der Waals surface area contributed by atoms with Crippen LogP contribution in [0.15, 0.2) is 0 Å². The molecule has 0 aliphatic carbocycles. The number of hydrogen-bond donors (Lipinski definition) is 0. The first-order chi connectivity index (χ1) is 31.9. The van der Waals surface area contributed by atoms with E-state index in [0.29, 0.717) is 19.3 Å². The van der Waals surface area contributed by atoms with Crippen LogP contribution in [0.1, 0.15) is 336 Å². The molecule has 65 heavy (non-hydrogen) atoms. The zero-order chi connectivity index (χ0) is 47.4. The lowest BCUT2D eigenvalue weighted by Gasteiger charge is -2.18. The number of hydrogen-bond acceptors (Lipinski definition) is 6. The highest BCUT2D eigenvalue weighted by molar-refractivity contribution is 5.71. The molecule has 6 heteroatoms. The summed E-state index contributed by atoms with van der Waals surface area (Å²) in [5.74, 6) is 0.0123. The minimum Gasteiger partial charge on any atom is -0.462 e. The summed E-state index contributed by atoms with van der Waals surface area (Å²) in [6, 6.07) is 0. The van der Waals surface area contributed by atoms with Gasteiger partial charge in [-0.2, -0.15) is 0 Å². The number of unbranched alkanes of at least 4 members (excludes halogenated alkanes) is 41. The van der Waals surface area contributed by atoms with Gasteiger partial charge in [0.1, 0.15) is 13.2 Å². The predicted molar refractivity (Wildman–Crippen MR) is 280 cm³/mol. The summed E-state index contributed by atoms with van der Waals surface area (Å²) >= 11 is 0. The normalized spacial score (nSPS) is 12.0. The Labute approximate surface area is 406 Å². The van der Waals surface area contributed by atoms with Gasteiger partial charge in [-0.15, -0.1) is 0 Å². The van der Waals surface area contributed by atoms with Gasteiger partial charge in [0.2, 0.25) is 0 Å². The average molecular weight is 920 g/mol. The molecular formula is C59H114O6. The summed E-state index contributed by atoms with van der Waals surface area (Å²) in [7, 11) is 0. The molecule has 0 spiro atoms. The van der Waals surface area contributed by atoms with Crippen LogP contribution in [-0.2, 0) is 28.6 Å². The van der Waals surface area contributed by atoms with E-state index in [1.54, 1.807) is 0 Å². The minimum absolute atomic E-state index is 0.0619. The summed E-state index contributed by atoms with van der Waals surface area (Å²) in [6.07, 6.45) is 58.1. The van der Waals surface area contributed by atoms with Gasteiger partial charge in [0.15, 0.2) is 6.10 Å². The number of esters is 3. The number of carbonyl (C=O) groups excluding carboxylic acids is 3. The molecule has 0 aliphatic heterocycles. The van der Waals surface area contributed by atoms with E-state index in [9.17, 15) is 14.4 Å². The van der Waals surface area contributed by atoms with Crippen LogP contribution in [0.3, 0.4) is 0 Å². The van der Waals surface area contributed by atoms with Crippen LogP contribution in [0.2, 0.25) is 0 Å². The molecule has 0 amide bonds. The first-order valence-electron chi connectivity index (χ1n) is 29.4. The molecule has 1 atom stereocenters. The molecule has 0 aromatic rings. The highest BCUT2D eigenvalue weighted by Gasteiger charge is 2.19. The van der Waals surface area contributed by atoms with Gasteiger partial charge in [0.05, 0.1) is 0 Å². The zero-order valence-corrected chi connectivity index (χ0v) is 44.5. The second kappa shape index (κ2) is 53.4. The summed E-state index contributed by atoms with van der Waals surface area (Å²) in [5.41, 5.74) is 0. The molecule has 0 unspecified atom stereocenters. The van der Waals surface area contributed by atoms with E-state index in [4.69, 9.17) is 14.2 Å². The molecule has 386 valence electrons. The van der Waals surface area contributed by atoms with Crippen molar-refractivity contribution in [1.82, 2.24) is 0 Å². The summed E-state index contributed by atoms with van der Waals surface area (Å²) < 4.78 is 16.9. The van der Waals surface area contributed by atoms with Crippen molar-refractivity contribution in [2.45, 2.75) is 342 Å². The summed E-state index contributed by atoms with van der Waals surface area (Å²) in [4.78, 5) is 38.1. The van der Waals surface area contributed by atoms with Crippen molar-refractivity contribution >= 4 is 17.9 Å². The van der Waals surface area contributed by atoms with Crippen LogP contribution in [0, 0.1) is 5.92 Å². The Hall–Kier alpha value is -1.59. The quantitative estimate of drug-likeness (QED) is 0.0344. The van der Waals surface area contributed by atoms with Gasteiger partial charge in [-0.25, -0.2) is 0 Å². The number of ether oxygens (including phenoxy) is 3. The Kier molecular flexibility index (Phi) is 52.1. The van der Waals surface area contributed by atoms with Crippen LogP contribution in [0.4, 0.5) is 0 Å². The second-order valence-corrected chi connectivity index (χ2v) is 20.8. The Balaban J connectivity index is 4.19. The van der Waals surface area contributed by atoms with Gasteiger partial charge < -0.3 is 14.2 Å². The third-order valence-electron chi connectivity index (χ3n) is 13.5. The molecule has 0 N–H and O–H groups in total. The van der Waals surface area contributed by atoms with Crippen LogP contribution < -0.4 is 0 Å². The first kappa shape index (κ1) is 63.4. The third-order valence-corrected chi connectivity index (χ3v) is 13.5. The molecule has 0 bridgehead atoms. The monoisotopic (exact) mass is 919 g/mol. The van der Waals surface area contributed by atoms with Crippen molar-refractivity contribution < 1.29 is 28.6 Å². The van der Waals surface area contributed by atoms with Crippen molar-refractivity contribution in [3.63, 3.8) is 0 Å². The fourth-order valence-corrected chi connectivity index (χ4v) is 9.10. The minimum atomic E-state index is -0.761. The fraction of sp³-hybridized carbons (Fsp3) is 0.949. The highest BCUT2D eigenvalue weighted by atomic mass is 16.6. The second-order valence-electron chi connectivity index (χ2n) is 20.8. The molecule has 0 heterocycles. The third kappa shape index (κ3) is 53.2. The lowest BCUT2D eigenvalue weighted by molar-refractivity contribution is -0.167. The smallest absolute Gasteiger partial charge is 0.306 e. The molecule has 0 aliphatic rings. The molecule has 0 saturated heterocycles. The maximum absolute atomic E-state index is 12.8. The molecule has 0 radical (unpaired) electrons. The van der Waals surface area contributed by atoms with E-state index >= 15 is 0 Å². The lowest BCUT2D eigenvalue weighted by atomic mass is 10.0. The van der Waals surface area contributed by atoms with Crippen molar-refractivity contribution in [2.75, 3.05) is 13.2 Å². The van der Waals surface area contributed by atoms with Crippen molar-refractivity contribution in [2.24, 2.45) is 5.92 Å². The highest BCUT2D eigenvalue weighted by Crippen LogP contribution is 2.18.